The number of rotatable bonds is 4. The third kappa shape index (κ3) is 4.09. The van der Waals surface area contributed by atoms with Crippen LogP contribution in [0.3, 0.4) is 0 Å². The lowest BCUT2D eigenvalue weighted by Gasteiger charge is -2.25. The monoisotopic (exact) mass is 395 g/mol. The molecule has 1 aliphatic heterocycles. The molecule has 144 valence electrons. The van der Waals surface area contributed by atoms with Crippen molar-refractivity contribution in [3.05, 3.63) is 83.7 Å². The third-order valence-corrected chi connectivity index (χ3v) is 6.34. The van der Waals surface area contributed by atoms with Crippen LogP contribution >= 0.6 is 11.8 Å². The number of hydrogen-bond donors (Lipinski definition) is 1. The van der Waals surface area contributed by atoms with Crippen LogP contribution in [0.5, 0.6) is 11.5 Å². The number of phenolic OH excluding ortho intramolecular Hbond substituents is 1. The number of thioether (sulfide) groups is 1. The molecule has 3 nitrogen and oxygen atoms in total. The van der Waals surface area contributed by atoms with E-state index in [1.807, 2.05) is 24.3 Å². The summed E-state index contributed by atoms with van der Waals surface area (Å²) in [6, 6.07) is 20.3. The molecular weight excluding hydrogens is 373 g/mol. The van der Waals surface area contributed by atoms with Crippen molar-refractivity contribution in [2.75, 3.05) is 18.6 Å². The molecule has 4 rings (SSSR count). The predicted octanol–water partition coefficient (Wildman–Crippen LogP) is 5.78. The van der Waals surface area contributed by atoms with E-state index in [1.165, 1.54) is 6.07 Å². The molecule has 0 aromatic heterocycles. The van der Waals surface area contributed by atoms with Gasteiger partial charge in [0.1, 0.15) is 17.3 Å². The van der Waals surface area contributed by atoms with Crippen molar-refractivity contribution in [1.29, 1.82) is 0 Å². The lowest BCUT2D eigenvalue weighted by atomic mass is 10.1. The highest BCUT2D eigenvalue weighted by Gasteiger charge is 2.24. The molecule has 1 heterocycles. The van der Waals surface area contributed by atoms with E-state index in [2.05, 4.69) is 17.0 Å². The first-order chi connectivity index (χ1) is 13.6. The minimum atomic E-state index is -0.200. The highest BCUT2D eigenvalue weighted by Crippen LogP contribution is 2.46. The Morgan fingerprint density at radius 3 is 2.68 bits per heavy atom. The SMILES string of the molecule is COc1ccc2c(c1)S[C@H](c1cccc(F)c1)CCN2Cc1ccc(O)cc1. The molecule has 28 heavy (non-hydrogen) atoms. The number of phenols is 1. The van der Waals surface area contributed by atoms with Gasteiger partial charge in [-0.25, -0.2) is 4.39 Å². The summed E-state index contributed by atoms with van der Waals surface area (Å²) in [7, 11) is 1.67. The molecule has 3 aromatic rings. The summed E-state index contributed by atoms with van der Waals surface area (Å²) in [5, 5.41) is 9.72. The number of anilines is 1. The lowest BCUT2D eigenvalue weighted by molar-refractivity contribution is 0.413. The van der Waals surface area contributed by atoms with Gasteiger partial charge in [0.25, 0.3) is 0 Å². The average molecular weight is 395 g/mol. The number of aromatic hydroxyl groups is 1. The molecule has 0 bridgehead atoms. The van der Waals surface area contributed by atoms with Gasteiger partial charge in [0.15, 0.2) is 0 Å². The molecule has 3 aromatic carbocycles. The van der Waals surface area contributed by atoms with Gasteiger partial charge in [-0.1, -0.05) is 24.3 Å². The number of hydrogen-bond acceptors (Lipinski definition) is 4. The Morgan fingerprint density at radius 1 is 1.11 bits per heavy atom. The van der Waals surface area contributed by atoms with Gasteiger partial charge in [-0.05, 0) is 60.0 Å². The van der Waals surface area contributed by atoms with E-state index in [0.717, 1.165) is 47.0 Å². The van der Waals surface area contributed by atoms with E-state index in [0.29, 0.717) is 0 Å². The summed E-state index contributed by atoms with van der Waals surface area (Å²) in [4.78, 5) is 3.47. The summed E-state index contributed by atoms with van der Waals surface area (Å²) < 4.78 is 19.2. The summed E-state index contributed by atoms with van der Waals surface area (Å²) in [5.74, 6) is 0.886. The van der Waals surface area contributed by atoms with Gasteiger partial charge in [0, 0.05) is 23.2 Å². The van der Waals surface area contributed by atoms with Crippen molar-refractivity contribution in [3.8, 4) is 11.5 Å². The number of benzene rings is 3. The topological polar surface area (TPSA) is 32.7 Å². The maximum absolute atomic E-state index is 13.8. The fraction of sp³-hybridized carbons (Fsp3) is 0.217. The van der Waals surface area contributed by atoms with Gasteiger partial charge < -0.3 is 14.7 Å². The molecule has 0 saturated heterocycles. The quantitative estimate of drug-likeness (QED) is 0.607. The maximum atomic E-state index is 13.8. The molecule has 0 fully saturated rings. The first-order valence-electron chi connectivity index (χ1n) is 9.25. The Kier molecular flexibility index (Phi) is 5.44. The van der Waals surface area contributed by atoms with Gasteiger partial charge in [-0.15, -0.1) is 11.8 Å². The minimum Gasteiger partial charge on any atom is -0.508 e. The second-order valence-corrected chi connectivity index (χ2v) is 8.12. The number of nitrogens with zero attached hydrogens (tertiary/aromatic N) is 1. The van der Waals surface area contributed by atoms with Gasteiger partial charge in [0.05, 0.1) is 12.8 Å². The Morgan fingerprint density at radius 2 is 1.93 bits per heavy atom. The Bertz CT molecular complexity index is 961. The molecule has 1 N–H and O–H groups in total. The van der Waals surface area contributed by atoms with Gasteiger partial charge >= 0.3 is 0 Å². The largest absolute Gasteiger partial charge is 0.508 e. The molecule has 5 heteroatoms. The van der Waals surface area contributed by atoms with Crippen molar-refractivity contribution < 1.29 is 14.2 Å². The molecular formula is C23H22FNO2S. The van der Waals surface area contributed by atoms with Crippen LogP contribution in [0.1, 0.15) is 22.8 Å². The van der Waals surface area contributed by atoms with Crippen LogP contribution < -0.4 is 9.64 Å². The maximum Gasteiger partial charge on any atom is 0.123 e. The summed E-state index contributed by atoms with van der Waals surface area (Å²) in [6.07, 6.45) is 0.906. The van der Waals surface area contributed by atoms with E-state index in [1.54, 1.807) is 43.1 Å². The fourth-order valence-electron chi connectivity index (χ4n) is 3.51. The van der Waals surface area contributed by atoms with E-state index >= 15 is 0 Å². The molecule has 0 aliphatic carbocycles. The van der Waals surface area contributed by atoms with E-state index in [-0.39, 0.29) is 16.8 Å². The summed E-state index contributed by atoms with van der Waals surface area (Å²) in [5.41, 5.74) is 3.29. The standard InChI is InChI=1S/C23H22FNO2S/c1-27-20-9-10-21-23(14-20)28-22(17-3-2-4-18(24)13-17)11-12-25(21)15-16-5-7-19(26)8-6-16/h2-10,13-14,22,26H,11-12,15H2,1H3/t22-/m0/s1. The Hall–Kier alpha value is -2.66. The van der Waals surface area contributed by atoms with Crippen LogP contribution in [0.25, 0.3) is 0 Å². The van der Waals surface area contributed by atoms with Gasteiger partial charge in [0.2, 0.25) is 0 Å². The molecule has 0 unspecified atom stereocenters. The van der Waals surface area contributed by atoms with E-state index < -0.39 is 0 Å². The lowest BCUT2D eigenvalue weighted by Crippen LogP contribution is -2.23. The molecule has 0 saturated carbocycles. The number of fused-ring (bicyclic) bond motifs is 1. The van der Waals surface area contributed by atoms with Crippen molar-refractivity contribution in [2.24, 2.45) is 0 Å². The van der Waals surface area contributed by atoms with Crippen molar-refractivity contribution in [1.82, 2.24) is 0 Å². The number of halogens is 1. The highest BCUT2D eigenvalue weighted by molar-refractivity contribution is 7.99. The minimum absolute atomic E-state index is 0.173. The molecule has 1 aliphatic rings. The van der Waals surface area contributed by atoms with E-state index in [9.17, 15) is 9.50 Å². The zero-order valence-electron chi connectivity index (χ0n) is 15.6. The zero-order chi connectivity index (χ0) is 19.5. The van der Waals surface area contributed by atoms with Crippen LogP contribution in [0.15, 0.2) is 71.6 Å². The summed E-state index contributed by atoms with van der Waals surface area (Å²) >= 11 is 1.76. The second kappa shape index (κ2) is 8.15. The molecule has 0 amide bonds. The zero-order valence-corrected chi connectivity index (χ0v) is 16.5. The first kappa shape index (κ1) is 18.7. The second-order valence-electron chi connectivity index (χ2n) is 6.87. The normalized spacial score (nSPS) is 16.4. The van der Waals surface area contributed by atoms with Crippen molar-refractivity contribution in [2.45, 2.75) is 23.1 Å². The fourth-order valence-corrected chi connectivity index (χ4v) is 4.82. The predicted molar refractivity (Wildman–Crippen MR) is 112 cm³/mol. The Balaban J connectivity index is 1.67. The van der Waals surface area contributed by atoms with Crippen LogP contribution in [0, 0.1) is 5.82 Å². The average Bonchev–Trinajstić information content (AvgIpc) is 2.89. The number of methoxy groups -OCH3 is 1. The van der Waals surface area contributed by atoms with Crippen LogP contribution in [-0.2, 0) is 6.54 Å². The first-order valence-corrected chi connectivity index (χ1v) is 10.1. The van der Waals surface area contributed by atoms with Gasteiger partial charge in [-0.2, -0.15) is 0 Å². The van der Waals surface area contributed by atoms with Crippen LogP contribution in [0.4, 0.5) is 10.1 Å². The third-order valence-electron chi connectivity index (χ3n) is 4.97. The number of ether oxygens (including phenoxy) is 1. The van der Waals surface area contributed by atoms with E-state index in [4.69, 9.17) is 4.74 Å². The molecule has 0 radical (unpaired) electrons. The van der Waals surface area contributed by atoms with Gasteiger partial charge in [-0.3, -0.25) is 0 Å². The van der Waals surface area contributed by atoms with Crippen LogP contribution in [0.2, 0.25) is 0 Å². The molecule has 0 spiro atoms. The van der Waals surface area contributed by atoms with Crippen LogP contribution in [-0.4, -0.2) is 18.8 Å². The molecule has 1 atom stereocenters. The Labute approximate surface area is 168 Å². The summed E-state index contributed by atoms with van der Waals surface area (Å²) in [6.45, 7) is 1.60. The smallest absolute Gasteiger partial charge is 0.123 e. The highest BCUT2D eigenvalue weighted by atomic mass is 32.2. The van der Waals surface area contributed by atoms with Crippen molar-refractivity contribution >= 4 is 17.4 Å². The van der Waals surface area contributed by atoms with Crippen molar-refractivity contribution in [3.63, 3.8) is 0 Å².